The summed E-state index contributed by atoms with van der Waals surface area (Å²) in [5, 5.41) is 8.45. The SMILES string of the molecule is CCC1CCN(c2ncc(CC(=O)NO)cn2)CC1. The van der Waals surface area contributed by atoms with Crippen LogP contribution in [-0.2, 0) is 11.2 Å². The fourth-order valence-electron chi connectivity index (χ4n) is 2.37. The van der Waals surface area contributed by atoms with Gasteiger partial charge in [0.05, 0.1) is 6.42 Å². The summed E-state index contributed by atoms with van der Waals surface area (Å²) in [6.45, 7) is 4.22. The number of carbonyl (C=O) groups is 1. The Labute approximate surface area is 112 Å². The monoisotopic (exact) mass is 264 g/mol. The second-order valence-corrected chi connectivity index (χ2v) is 4.94. The lowest BCUT2D eigenvalue weighted by molar-refractivity contribution is -0.128. The first-order valence-corrected chi connectivity index (χ1v) is 6.71. The number of hydroxylamine groups is 1. The van der Waals surface area contributed by atoms with Crippen molar-refractivity contribution in [3.05, 3.63) is 18.0 Å². The maximum Gasteiger partial charge on any atom is 0.247 e. The van der Waals surface area contributed by atoms with Crippen molar-refractivity contribution in [3.8, 4) is 0 Å². The molecule has 104 valence electrons. The Kier molecular flexibility index (Phi) is 4.68. The van der Waals surface area contributed by atoms with Gasteiger partial charge in [-0.3, -0.25) is 10.0 Å². The van der Waals surface area contributed by atoms with Crippen molar-refractivity contribution in [1.29, 1.82) is 0 Å². The number of piperidine rings is 1. The van der Waals surface area contributed by atoms with Crippen LogP contribution in [0.2, 0.25) is 0 Å². The van der Waals surface area contributed by atoms with Crippen molar-refractivity contribution in [2.24, 2.45) is 5.92 Å². The fourth-order valence-corrected chi connectivity index (χ4v) is 2.37. The Morgan fingerprint density at radius 2 is 2.05 bits per heavy atom. The van der Waals surface area contributed by atoms with Gasteiger partial charge in [-0.2, -0.15) is 0 Å². The lowest BCUT2D eigenvalue weighted by Gasteiger charge is -2.31. The molecule has 2 heterocycles. The summed E-state index contributed by atoms with van der Waals surface area (Å²) >= 11 is 0. The molecule has 1 fully saturated rings. The topological polar surface area (TPSA) is 78.4 Å². The van der Waals surface area contributed by atoms with E-state index in [0.717, 1.165) is 25.0 Å². The van der Waals surface area contributed by atoms with E-state index >= 15 is 0 Å². The van der Waals surface area contributed by atoms with Gasteiger partial charge in [0.2, 0.25) is 11.9 Å². The maximum atomic E-state index is 11.0. The van der Waals surface area contributed by atoms with E-state index in [9.17, 15) is 4.79 Å². The van der Waals surface area contributed by atoms with Gasteiger partial charge in [0.25, 0.3) is 0 Å². The Hall–Kier alpha value is -1.69. The molecule has 6 nitrogen and oxygen atoms in total. The van der Waals surface area contributed by atoms with Gasteiger partial charge in [0, 0.05) is 25.5 Å². The number of nitrogens with one attached hydrogen (secondary N) is 1. The average Bonchev–Trinajstić information content (AvgIpc) is 2.48. The summed E-state index contributed by atoms with van der Waals surface area (Å²) in [5.74, 6) is 1.09. The zero-order valence-corrected chi connectivity index (χ0v) is 11.2. The summed E-state index contributed by atoms with van der Waals surface area (Å²) in [6.07, 6.45) is 6.99. The molecule has 6 heteroatoms. The van der Waals surface area contributed by atoms with Gasteiger partial charge in [0.1, 0.15) is 0 Å². The van der Waals surface area contributed by atoms with Crippen molar-refractivity contribution < 1.29 is 10.0 Å². The highest BCUT2D eigenvalue weighted by Gasteiger charge is 2.19. The highest BCUT2D eigenvalue weighted by Crippen LogP contribution is 2.22. The largest absolute Gasteiger partial charge is 0.341 e. The molecular weight excluding hydrogens is 244 g/mol. The van der Waals surface area contributed by atoms with Crippen LogP contribution >= 0.6 is 0 Å². The molecule has 1 aliphatic heterocycles. The highest BCUT2D eigenvalue weighted by atomic mass is 16.5. The van der Waals surface area contributed by atoms with Crippen molar-refractivity contribution in [2.45, 2.75) is 32.6 Å². The number of rotatable bonds is 4. The molecule has 1 saturated heterocycles. The molecule has 19 heavy (non-hydrogen) atoms. The third-order valence-corrected chi connectivity index (χ3v) is 3.66. The third kappa shape index (κ3) is 3.64. The lowest BCUT2D eigenvalue weighted by Crippen LogP contribution is -2.34. The van der Waals surface area contributed by atoms with E-state index < -0.39 is 5.91 Å². The normalized spacial score (nSPS) is 16.4. The van der Waals surface area contributed by atoms with E-state index in [1.165, 1.54) is 19.3 Å². The van der Waals surface area contributed by atoms with Gasteiger partial charge >= 0.3 is 0 Å². The number of carbonyl (C=O) groups excluding carboxylic acids is 1. The van der Waals surface area contributed by atoms with Crippen LogP contribution in [0.3, 0.4) is 0 Å². The number of amides is 1. The molecule has 0 radical (unpaired) electrons. The molecule has 0 saturated carbocycles. The van der Waals surface area contributed by atoms with Gasteiger partial charge in [-0.1, -0.05) is 13.3 Å². The number of aromatic nitrogens is 2. The smallest absolute Gasteiger partial charge is 0.247 e. The van der Waals surface area contributed by atoms with Gasteiger partial charge in [-0.05, 0) is 24.3 Å². The van der Waals surface area contributed by atoms with Crippen LogP contribution < -0.4 is 10.4 Å². The summed E-state index contributed by atoms with van der Waals surface area (Å²) in [6, 6.07) is 0. The standard InChI is InChI=1S/C13H20N4O2/c1-2-10-3-5-17(6-4-10)13-14-8-11(9-15-13)7-12(18)16-19/h8-10,19H,2-7H2,1H3,(H,16,18). The first kappa shape index (κ1) is 13.7. The van der Waals surface area contributed by atoms with Crippen LogP contribution in [0.1, 0.15) is 31.7 Å². The van der Waals surface area contributed by atoms with Gasteiger partial charge in [-0.15, -0.1) is 0 Å². The van der Waals surface area contributed by atoms with Crippen molar-refractivity contribution >= 4 is 11.9 Å². The summed E-state index contributed by atoms with van der Waals surface area (Å²) in [4.78, 5) is 21.8. The molecule has 2 rings (SSSR count). The number of hydrogen-bond donors (Lipinski definition) is 2. The Bertz CT molecular complexity index is 413. The van der Waals surface area contributed by atoms with E-state index in [1.54, 1.807) is 17.9 Å². The molecule has 0 aliphatic carbocycles. The molecule has 0 bridgehead atoms. The quantitative estimate of drug-likeness (QED) is 0.630. The number of hydrogen-bond acceptors (Lipinski definition) is 5. The molecule has 1 amide bonds. The van der Waals surface area contributed by atoms with Crippen LogP contribution in [0.15, 0.2) is 12.4 Å². The van der Waals surface area contributed by atoms with Crippen LogP contribution in [0.25, 0.3) is 0 Å². The molecule has 2 N–H and O–H groups in total. The second kappa shape index (κ2) is 6.47. The van der Waals surface area contributed by atoms with E-state index in [0.29, 0.717) is 5.56 Å². The number of nitrogens with zero attached hydrogens (tertiary/aromatic N) is 3. The average molecular weight is 264 g/mol. The molecule has 1 aromatic rings. The third-order valence-electron chi connectivity index (χ3n) is 3.66. The predicted octanol–water partition coefficient (Wildman–Crippen LogP) is 1.15. The van der Waals surface area contributed by atoms with E-state index in [4.69, 9.17) is 5.21 Å². The van der Waals surface area contributed by atoms with Crippen molar-refractivity contribution in [2.75, 3.05) is 18.0 Å². The molecule has 0 spiro atoms. The van der Waals surface area contributed by atoms with E-state index in [1.807, 2.05) is 0 Å². The van der Waals surface area contributed by atoms with Crippen molar-refractivity contribution in [1.82, 2.24) is 15.4 Å². The predicted molar refractivity (Wildman–Crippen MR) is 70.9 cm³/mol. The van der Waals surface area contributed by atoms with Crippen molar-refractivity contribution in [3.63, 3.8) is 0 Å². The first-order valence-electron chi connectivity index (χ1n) is 6.71. The summed E-state index contributed by atoms with van der Waals surface area (Å²) in [7, 11) is 0. The molecule has 0 atom stereocenters. The fraction of sp³-hybridized carbons (Fsp3) is 0.615. The molecule has 1 aliphatic rings. The van der Waals surface area contributed by atoms with Crippen LogP contribution in [0, 0.1) is 5.92 Å². The van der Waals surface area contributed by atoms with E-state index in [2.05, 4.69) is 21.8 Å². The summed E-state index contributed by atoms with van der Waals surface area (Å²) < 4.78 is 0. The summed E-state index contributed by atoms with van der Waals surface area (Å²) in [5.41, 5.74) is 2.29. The molecule has 0 unspecified atom stereocenters. The van der Waals surface area contributed by atoms with Gasteiger partial charge in [0.15, 0.2) is 0 Å². The number of anilines is 1. The maximum absolute atomic E-state index is 11.0. The Morgan fingerprint density at radius 1 is 1.42 bits per heavy atom. The minimum absolute atomic E-state index is 0.0920. The molecule has 0 aromatic carbocycles. The Balaban J connectivity index is 1.93. The molecule has 1 aromatic heterocycles. The Morgan fingerprint density at radius 3 is 2.58 bits per heavy atom. The van der Waals surface area contributed by atoms with Crippen LogP contribution in [0.4, 0.5) is 5.95 Å². The van der Waals surface area contributed by atoms with Gasteiger partial charge in [-0.25, -0.2) is 15.4 Å². The minimum Gasteiger partial charge on any atom is -0.341 e. The highest BCUT2D eigenvalue weighted by molar-refractivity contribution is 5.77. The van der Waals surface area contributed by atoms with Crippen LogP contribution in [-0.4, -0.2) is 34.2 Å². The zero-order chi connectivity index (χ0) is 13.7. The van der Waals surface area contributed by atoms with Gasteiger partial charge < -0.3 is 4.90 Å². The second-order valence-electron chi connectivity index (χ2n) is 4.94. The lowest BCUT2D eigenvalue weighted by atomic mass is 9.95. The van der Waals surface area contributed by atoms with Crippen LogP contribution in [0.5, 0.6) is 0 Å². The first-order chi connectivity index (χ1) is 9.22. The van der Waals surface area contributed by atoms with E-state index in [-0.39, 0.29) is 6.42 Å². The zero-order valence-electron chi connectivity index (χ0n) is 11.2. The molecular formula is C13H20N4O2. The minimum atomic E-state index is -0.458.